The van der Waals surface area contributed by atoms with Crippen molar-refractivity contribution in [3.63, 3.8) is 0 Å². The zero-order valence-corrected chi connectivity index (χ0v) is 12.0. The lowest BCUT2D eigenvalue weighted by molar-refractivity contribution is -0.384. The summed E-state index contributed by atoms with van der Waals surface area (Å²) in [6.07, 6.45) is 1.76. The molecule has 24 heavy (non-hydrogen) atoms. The normalized spacial score (nSPS) is 17.9. The topological polar surface area (TPSA) is 125 Å². The van der Waals surface area contributed by atoms with Crippen LogP contribution in [0.2, 0.25) is 0 Å². The Hall–Kier alpha value is -3.69. The summed E-state index contributed by atoms with van der Waals surface area (Å²) in [5.41, 5.74) is 1.17. The van der Waals surface area contributed by atoms with Crippen LogP contribution in [0.1, 0.15) is 6.42 Å². The predicted molar refractivity (Wildman–Crippen MR) is 79.1 cm³/mol. The number of nitrogens with zero attached hydrogens (tertiary/aromatic N) is 3. The summed E-state index contributed by atoms with van der Waals surface area (Å²) in [4.78, 5) is 48.6. The van der Waals surface area contributed by atoms with Crippen molar-refractivity contribution in [2.75, 3.05) is 5.32 Å². The van der Waals surface area contributed by atoms with E-state index in [1.807, 2.05) is 0 Å². The molecule has 3 heterocycles. The number of urea groups is 2. The van der Waals surface area contributed by atoms with Crippen molar-refractivity contribution in [1.82, 2.24) is 15.1 Å². The molecule has 0 spiro atoms. The number of anilines is 1. The largest absolute Gasteiger partial charge is 0.333 e. The lowest BCUT2D eigenvalue weighted by Gasteiger charge is -2.21. The van der Waals surface area contributed by atoms with Crippen LogP contribution in [0.25, 0.3) is 0 Å². The number of non-ortho nitro benzene ring substituents is 1. The molecule has 3 aliphatic rings. The maximum Gasteiger partial charge on any atom is 0.333 e. The summed E-state index contributed by atoms with van der Waals surface area (Å²) in [6, 6.07) is 4.41. The number of benzene rings is 1. The van der Waals surface area contributed by atoms with Crippen LogP contribution in [0.4, 0.5) is 21.0 Å². The van der Waals surface area contributed by atoms with Crippen molar-refractivity contribution in [2.45, 2.75) is 6.42 Å². The SMILES string of the molecule is O=C1NC(=O)N2C3=CN(C(=O)Nc4cccc([N+](=O)[O-])c4)C(=C12)C3. The minimum absolute atomic E-state index is 0.145. The van der Waals surface area contributed by atoms with Gasteiger partial charge in [0.15, 0.2) is 0 Å². The summed E-state index contributed by atoms with van der Waals surface area (Å²) in [7, 11) is 0. The first-order chi connectivity index (χ1) is 11.5. The Morgan fingerprint density at radius 3 is 2.88 bits per heavy atom. The molecule has 4 rings (SSSR count). The van der Waals surface area contributed by atoms with Crippen molar-refractivity contribution in [3.8, 4) is 0 Å². The standard InChI is InChI=1S/C14H9N5O5/c20-12-11-10-5-9(18(11)14(22)16-12)6-17(10)13(21)15-7-2-1-3-8(4-7)19(23)24/h1-4,6H,5H2,(H,15,21)(H,16,20,22). The number of hydrogen-bond acceptors (Lipinski definition) is 5. The molecule has 0 atom stereocenters. The summed E-state index contributed by atoms with van der Waals surface area (Å²) < 4.78 is 0. The van der Waals surface area contributed by atoms with Gasteiger partial charge in [0.25, 0.3) is 11.6 Å². The quantitative estimate of drug-likeness (QED) is 0.483. The molecule has 120 valence electrons. The molecule has 1 aromatic rings. The zero-order chi connectivity index (χ0) is 17.0. The number of nitrogens with one attached hydrogen (secondary N) is 2. The fourth-order valence-corrected chi connectivity index (χ4v) is 2.88. The van der Waals surface area contributed by atoms with Gasteiger partial charge in [-0.3, -0.25) is 30.0 Å². The number of carbonyl (C=O) groups is 3. The Morgan fingerprint density at radius 1 is 1.33 bits per heavy atom. The van der Waals surface area contributed by atoms with Crippen LogP contribution in [0.3, 0.4) is 0 Å². The lowest BCUT2D eigenvalue weighted by atomic mass is 10.3. The van der Waals surface area contributed by atoms with E-state index in [0.717, 1.165) is 0 Å². The third kappa shape index (κ3) is 1.86. The van der Waals surface area contributed by atoms with E-state index in [1.165, 1.54) is 40.3 Å². The van der Waals surface area contributed by atoms with Crippen molar-refractivity contribution in [3.05, 3.63) is 57.7 Å². The van der Waals surface area contributed by atoms with E-state index in [1.54, 1.807) is 0 Å². The van der Waals surface area contributed by atoms with Gasteiger partial charge in [-0.2, -0.15) is 0 Å². The highest BCUT2D eigenvalue weighted by molar-refractivity contribution is 6.14. The van der Waals surface area contributed by atoms with E-state index in [2.05, 4.69) is 10.6 Å². The fourth-order valence-electron chi connectivity index (χ4n) is 2.88. The van der Waals surface area contributed by atoms with Crippen LogP contribution < -0.4 is 10.6 Å². The molecule has 5 amide bonds. The third-order valence-corrected chi connectivity index (χ3v) is 3.87. The Balaban J connectivity index is 1.59. The van der Waals surface area contributed by atoms with Crippen molar-refractivity contribution in [1.29, 1.82) is 0 Å². The van der Waals surface area contributed by atoms with E-state index >= 15 is 0 Å². The number of nitro groups is 1. The van der Waals surface area contributed by atoms with Gasteiger partial charge in [0.05, 0.1) is 16.3 Å². The highest BCUT2D eigenvalue weighted by atomic mass is 16.6. The average Bonchev–Trinajstić information content (AvgIpc) is 3.20. The second kappa shape index (κ2) is 4.65. The van der Waals surface area contributed by atoms with Crippen molar-refractivity contribution < 1.29 is 19.3 Å². The smallest absolute Gasteiger partial charge is 0.307 e. The highest BCUT2D eigenvalue weighted by Gasteiger charge is 2.48. The van der Waals surface area contributed by atoms with Crippen LogP contribution in [0, 0.1) is 10.1 Å². The minimum atomic E-state index is -0.570. The summed E-state index contributed by atoms with van der Waals surface area (Å²) in [6.45, 7) is 0. The second-order valence-electron chi connectivity index (χ2n) is 5.29. The van der Waals surface area contributed by atoms with Gasteiger partial charge in [-0.05, 0) is 6.07 Å². The fraction of sp³-hybridized carbons (Fsp3) is 0.0714. The van der Waals surface area contributed by atoms with E-state index in [0.29, 0.717) is 17.8 Å². The molecule has 1 saturated heterocycles. The molecule has 0 aromatic heterocycles. The molecule has 1 aromatic carbocycles. The summed E-state index contributed by atoms with van der Waals surface area (Å²) in [5, 5.41) is 15.5. The monoisotopic (exact) mass is 327 g/mol. The molecule has 2 N–H and O–H groups in total. The molecule has 0 unspecified atom stereocenters. The number of amides is 5. The average molecular weight is 327 g/mol. The Morgan fingerprint density at radius 2 is 2.12 bits per heavy atom. The van der Waals surface area contributed by atoms with Gasteiger partial charge in [-0.15, -0.1) is 0 Å². The Kier molecular flexibility index (Phi) is 2.70. The molecule has 0 saturated carbocycles. The molecule has 10 heteroatoms. The lowest BCUT2D eigenvalue weighted by Crippen LogP contribution is -2.32. The first-order valence-corrected chi connectivity index (χ1v) is 6.89. The maximum atomic E-state index is 12.4. The highest BCUT2D eigenvalue weighted by Crippen LogP contribution is 2.42. The molecule has 2 bridgehead atoms. The number of nitro benzene ring substituents is 1. The van der Waals surface area contributed by atoms with Gasteiger partial charge >= 0.3 is 12.1 Å². The van der Waals surface area contributed by atoms with Crippen molar-refractivity contribution >= 4 is 29.3 Å². The first kappa shape index (κ1) is 13.9. The summed E-state index contributed by atoms with van der Waals surface area (Å²) >= 11 is 0. The third-order valence-electron chi connectivity index (χ3n) is 3.87. The van der Waals surface area contributed by atoms with E-state index in [-0.39, 0.29) is 17.1 Å². The van der Waals surface area contributed by atoms with Gasteiger partial charge in [0.2, 0.25) is 0 Å². The van der Waals surface area contributed by atoms with Crippen LogP contribution >= 0.6 is 0 Å². The number of hydrogen-bond donors (Lipinski definition) is 2. The summed E-state index contributed by atoms with van der Waals surface area (Å²) in [5.74, 6) is -0.550. The molecule has 3 aliphatic heterocycles. The van der Waals surface area contributed by atoms with E-state index < -0.39 is 22.9 Å². The molecular weight excluding hydrogens is 318 g/mol. The molecule has 1 fully saturated rings. The number of imide groups is 1. The molecule has 10 nitrogen and oxygen atoms in total. The van der Waals surface area contributed by atoms with E-state index in [4.69, 9.17) is 0 Å². The van der Waals surface area contributed by atoms with Crippen molar-refractivity contribution in [2.24, 2.45) is 0 Å². The second-order valence-corrected chi connectivity index (χ2v) is 5.29. The number of rotatable bonds is 2. The zero-order valence-electron chi connectivity index (χ0n) is 12.0. The Labute approximate surface area is 134 Å². The number of carbonyl (C=O) groups excluding carboxylic acids is 3. The predicted octanol–water partition coefficient (Wildman–Crippen LogP) is 1.45. The first-order valence-electron chi connectivity index (χ1n) is 6.89. The maximum absolute atomic E-state index is 12.4. The Bertz CT molecular complexity index is 903. The van der Waals surface area contributed by atoms with E-state index in [9.17, 15) is 24.5 Å². The minimum Gasteiger partial charge on any atom is -0.307 e. The van der Waals surface area contributed by atoms with Gasteiger partial charge in [-0.25, -0.2) is 9.59 Å². The van der Waals surface area contributed by atoms with Gasteiger partial charge in [0.1, 0.15) is 5.70 Å². The molecule has 0 aliphatic carbocycles. The van der Waals surface area contributed by atoms with Crippen LogP contribution in [-0.2, 0) is 4.79 Å². The van der Waals surface area contributed by atoms with Crippen LogP contribution in [0.15, 0.2) is 47.6 Å². The van der Waals surface area contributed by atoms with Crippen LogP contribution in [-0.4, -0.2) is 32.7 Å². The molecule has 0 radical (unpaired) electrons. The van der Waals surface area contributed by atoms with Gasteiger partial charge in [0, 0.05) is 30.4 Å². The van der Waals surface area contributed by atoms with Crippen LogP contribution in [0.5, 0.6) is 0 Å². The molecular formula is C14H9N5O5. The van der Waals surface area contributed by atoms with Gasteiger partial charge < -0.3 is 5.32 Å². The number of fused-ring (bicyclic) bond motifs is 4. The van der Waals surface area contributed by atoms with Gasteiger partial charge in [-0.1, -0.05) is 6.07 Å².